The lowest BCUT2D eigenvalue weighted by atomic mass is 10.1. The Balaban J connectivity index is 2.35. The van der Waals surface area contributed by atoms with Gasteiger partial charge in [-0.05, 0) is 24.6 Å². The normalized spacial score (nSPS) is 10.5. The topological polar surface area (TPSA) is 63.8 Å². The summed E-state index contributed by atoms with van der Waals surface area (Å²) in [6, 6.07) is 4.80. The summed E-state index contributed by atoms with van der Waals surface area (Å²) in [6.45, 7) is 2.04. The van der Waals surface area contributed by atoms with E-state index in [1.807, 2.05) is 6.92 Å². The molecule has 19 heavy (non-hydrogen) atoms. The van der Waals surface area contributed by atoms with Gasteiger partial charge < -0.3 is 11.1 Å². The average Bonchev–Trinajstić information content (AvgIpc) is 2.37. The molecule has 0 aliphatic heterocycles. The van der Waals surface area contributed by atoms with Crippen LogP contribution >= 0.6 is 15.9 Å². The van der Waals surface area contributed by atoms with Gasteiger partial charge in [0.2, 0.25) is 0 Å². The van der Waals surface area contributed by atoms with Gasteiger partial charge in [0.1, 0.15) is 23.8 Å². The zero-order valence-corrected chi connectivity index (χ0v) is 12.0. The van der Waals surface area contributed by atoms with E-state index >= 15 is 0 Å². The number of hydrogen-bond acceptors (Lipinski definition) is 4. The van der Waals surface area contributed by atoms with Crippen LogP contribution in [-0.2, 0) is 6.42 Å². The van der Waals surface area contributed by atoms with Gasteiger partial charge in [-0.25, -0.2) is 14.4 Å². The highest BCUT2D eigenvalue weighted by molar-refractivity contribution is 9.10. The molecule has 0 aliphatic carbocycles. The van der Waals surface area contributed by atoms with E-state index < -0.39 is 0 Å². The van der Waals surface area contributed by atoms with Crippen molar-refractivity contribution in [3.63, 3.8) is 0 Å². The van der Waals surface area contributed by atoms with Gasteiger partial charge in [-0.1, -0.05) is 29.3 Å². The van der Waals surface area contributed by atoms with Crippen molar-refractivity contribution in [3.8, 4) is 0 Å². The summed E-state index contributed by atoms with van der Waals surface area (Å²) in [7, 11) is 0. The predicted molar refractivity (Wildman–Crippen MR) is 77.8 cm³/mol. The number of nitrogens with zero attached hydrogens (tertiary/aromatic N) is 2. The van der Waals surface area contributed by atoms with E-state index in [9.17, 15) is 4.39 Å². The van der Waals surface area contributed by atoms with Crippen molar-refractivity contribution in [3.05, 3.63) is 40.4 Å². The molecule has 0 spiro atoms. The third kappa shape index (κ3) is 3.20. The van der Waals surface area contributed by atoms with E-state index in [1.54, 1.807) is 12.1 Å². The van der Waals surface area contributed by atoms with Crippen LogP contribution in [0.15, 0.2) is 29.0 Å². The number of hydrogen-bond donors (Lipinski definition) is 2. The van der Waals surface area contributed by atoms with Crippen LogP contribution in [0.25, 0.3) is 0 Å². The zero-order valence-electron chi connectivity index (χ0n) is 10.5. The summed E-state index contributed by atoms with van der Waals surface area (Å²) in [6.07, 6.45) is 3.02. The van der Waals surface area contributed by atoms with E-state index in [0.717, 1.165) is 18.4 Å². The SMILES string of the molecule is CCCc1c(N)ncnc1Nc1ccc(Br)cc1F. The molecular formula is C13H14BrFN4. The fourth-order valence-electron chi connectivity index (χ4n) is 1.75. The standard InChI is InChI=1S/C13H14BrFN4/c1-2-3-9-12(16)17-7-18-13(9)19-11-5-4-8(14)6-10(11)15/h4-7H,2-3H2,1H3,(H3,16,17,18,19). The summed E-state index contributed by atoms with van der Waals surface area (Å²) in [5.74, 6) is 0.626. The summed E-state index contributed by atoms with van der Waals surface area (Å²) >= 11 is 3.22. The molecule has 1 aromatic carbocycles. The minimum absolute atomic E-state index is 0.353. The van der Waals surface area contributed by atoms with Crippen LogP contribution in [0.5, 0.6) is 0 Å². The lowest BCUT2D eigenvalue weighted by molar-refractivity contribution is 0.631. The number of nitrogens with one attached hydrogen (secondary N) is 1. The van der Waals surface area contributed by atoms with Crippen molar-refractivity contribution >= 4 is 33.3 Å². The van der Waals surface area contributed by atoms with Crippen LogP contribution in [0.1, 0.15) is 18.9 Å². The molecule has 6 heteroatoms. The molecule has 0 unspecified atom stereocenters. The molecule has 1 heterocycles. The van der Waals surface area contributed by atoms with Gasteiger partial charge in [0, 0.05) is 10.0 Å². The van der Waals surface area contributed by atoms with Crippen molar-refractivity contribution in [1.29, 1.82) is 0 Å². The number of rotatable bonds is 4. The third-order valence-electron chi connectivity index (χ3n) is 2.66. The molecule has 1 aromatic heterocycles. The second-order valence-electron chi connectivity index (χ2n) is 4.09. The smallest absolute Gasteiger partial charge is 0.147 e. The zero-order chi connectivity index (χ0) is 13.8. The fourth-order valence-corrected chi connectivity index (χ4v) is 2.08. The monoisotopic (exact) mass is 324 g/mol. The van der Waals surface area contributed by atoms with Gasteiger partial charge >= 0.3 is 0 Å². The Bertz CT molecular complexity index is 589. The van der Waals surface area contributed by atoms with Crippen LogP contribution in [0, 0.1) is 5.82 Å². The average molecular weight is 325 g/mol. The number of nitrogen functional groups attached to an aromatic ring is 1. The van der Waals surface area contributed by atoms with Crippen LogP contribution in [0.3, 0.4) is 0 Å². The largest absolute Gasteiger partial charge is 0.383 e. The minimum Gasteiger partial charge on any atom is -0.383 e. The molecule has 0 radical (unpaired) electrons. The fraction of sp³-hybridized carbons (Fsp3) is 0.231. The lowest BCUT2D eigenvalue weighted by Crippen LogP contribution is -2.06. The highest BCUT2D eigenvalue weighted by Gasteiger charge is 2.10. The van der Waals surface area contributed by atoms with E-state index in [-0.39, 0.29) is 5.82 Å². The van der Waals surface area contributed by atoms with Gasteiger partial charge in [-0.3, -0.25) is 0 Å². The number of anilines is 3. The quantitative estimate of drug-likeness (QED) is 0.900. The molecule has 2 aromatic rings. The van der Waals surface area contributed by atoms with Crippen LogP contribution in [0.2, 0.25) is 0 Å². The molecule has 3 N–H and O–H groups in total. The van der Waals surface area contributed by atoms with Gasteiger partial charge in [-0.15, -0.1) is 0 Å². The summed E-state index contributed by atoms with van der Waals surface area (Å²) in [5, 5.41) is 2.97. The number of benzene rings is 1. The maximum absolute atomic E-state index is 13.8. The maximum atomic E-state index is 13.8. The molecule has 0 fully saturated rings. The van der Waals surface area contributed by atoms with Crippen molar-refractivity contribution < 1.29 is 4.39 Å². The third-order valence-corrected chi connectivity index (χ3v) is 3.16. The van der Waals surface area contributed by atoms with Gasteiger partial charge in [0.05, 0.1) is 5.69 Å². The highest BCUT2D eigenvalue weighted by Crippen LogP contribution is 2.26. The van der Waals surface area contributed by atoms with E-state index in [2.05, 4.69) is 31.2 Å². The first kappa shape index (κ1) is 13.7. The number of aromatic nitrogens is 2. The second-order valence-corrected chi connectivity index (χ2v) is 5.00. The Kier molecular flexibility index (Phi) is 4.31. The van der Waals surface area contributed by atoms with E-state index in [1.165, 1.54) is 12.4 Å². The Morgan fingerprint density at radius 3 is 2.84 bits per heavy atom. The molecule has 0 saturated carbocycles. The summed E-state index contributed by atoms with van der Waals surface area (Å²) < 4.78 is 14.5. The molecule has 0 bridgehead atoms. The van der Waals surface area contributed by atoms with Crippen LogP contribution in [-0.4, -0.2) is 9.97 Å². The Morgan fingerprint density at radius 1 is 1.37 bits per heavy atom. The first-order chi connectivity index (χ1) is 9.11. The molecule has 0 atom stereocenters. The molecular weight excluding hydrogens is 311 g/mol. The Morgan fingerprint density at radius 2 is 2.16 bits per heavy atom. The number of halogens is 2. The number of nitrogens with two attached hydrogens (primary N) is 1. The minimum atomic E-state index is -0.353. The van der Waals surface area contributed by atoms with E-state index in [4.69, 9.17) is 5.73 Å². The van der Waals surface area contributed by atoms with Crippen LogP contribution < -0.4 is 11.1 Å². The van der Waals surface area contributed by atoms with Crippen molar-refractivity contribution in [2.45, 2.75) is 19.8 Å². The molecule has 4 nitrogen and oxygen atoms in total. The van der Waals surface area contributed by atoms with Crippen molar-refractivity contribution in [2.24, 2.45) is 0 Å². The molecule has 0 amide bonds. The molecule has 0 saturated heterocycles. The van der Waals surface area contributed by atoms with Gasteiger partial charge in [0.25, 0.3) is 0 Å². The Hall–Kier alpha value is -1.69. The van der Waals surface area contributed by atoms with Gasteiger partial charge in [-0.2, -0.15) is 0 Å². The van der Waals surface area contributed by atoms with E-state index in [0.29, 0.717) is 21.8 Å². The second kappa shape index (κ2) is 5.97. The predicted octanol–water partition coefficient (Wildman–Crippen LogP) is 3.66. The Labute approximate surface area is 119 Å². The summed E-state index contributed by atoms with van der Waals surface area (Å²) in [5.41, 5.74) is 7.00. The van der Waals surface area contributed by atoms with Gasteiger partial charge in [0.15, 0.2) is 0 Å². The molecule has 100 valence electrons. The maximum Gasteiger partial charge on any atom is 0.147 e. The molecule has 2 rings (SSSR count). The first-order valence-electron chi connectivity index (χ1n) is 5.93. The molecule has 0 aliphatic rings. The van der Waals surface area contributed by atoms with Crippen molar-refractivity contribution in [1.82, 2.24) is 9.97 Å². The summed E-state index contributed by atoms with van der Waals surface area (Å²) in [4.78, 5) is 8.10. The lowest BCUT2D eigenvalue weighted by Gasteiger charge is -2.12. The first-order valence-corrected chi connectivity index (χ1v) is 6.72. The van der Waals surface area contributed by atoms with Crippen molar-refractivity contribution in [2.75, 3.05) is 11.1 Å². The highest BCUT2D eigenvalue weighted by atomic mass is 79.9. The van der Waals surface area contributed by atoms with Crippen LogP contribution in [0.4, 0.5) is 21.7 Å².